The second-order valence-corrected chi connectivity index (χ2v) is 3.26. The van der Waals surface area contributed by atoms with Crippen molar-refractivity contribution in [2.24, 2.45) is 0 Å². The summed E-state index contributed by atoms with van der Waals surface area (Å²) < 4.78 is 0. The average Bonchev–Trinajstić information content (AvgIpc) is 2.49. The zero-order chi connectivity index (χ0) is 9.03. The second-order valence-electron chi connectivity index (χ2n) is 3.26. The normalized spacial score (nSPS) is 20.0. The molecule has 0 atom stereocenters. The lowest BCUT2D eigenvalue weighted by molar-refractivity contribution is -0.116. The van der Waals surface area contributed by atoms with Crippen molar-refractivity contribution < 1.29 is 9.90 Å². The van der Waals surface area contributed by atoms with Crippen molar-refractivity contribution in [3.63, 3.8) is 0 Å². The van der Waals surface area contributed by atoms with E-state index in [1.807, 2.05) is 5.92 Å². The van der Waals surface area contributed by atoms with E-state index in [-0.39, 0.29) is 6.54 Å². The Kier molecular flexibility index (Phi) is 2.72. The van der Waals surface area contributed by atoms with Crippen molar-refractivity contribution >= 4 is 5.91 Å². The van der Waals surface area contributed by atoms with Crippen LogP contribution in [0.5, 0.6) is 0 Å². The van der Waals surface area contributed by atoms with Crippen LogP contribution in [0.1, 0.15) is 25.7 Å². The molecular weight excluding hydrogens is 154 g/mol. The zero-order valence-electron chi connectivity index (χ0n) is 6.97. The van der Waals surface area contributed by atoms with E-state index in [4.69, 9.17) is 6.42 Å². The van der Waals surface area contributed by atoms with Crippen LogP contribution in [0.15, 0.2) is 0 Å². The van der Waals surface area contributed by atoms with E-state index in [9.17, 15) is 9.90 Å². The maximum atomic E-state index is 10.7. The lowest BCUT2D eigenvalue weighted by Gasteiger charge is -2.21. The number of carbonyl (C=O) groups is 1. The number of carbonyl (C=O) groups excluding carboxylic acids is 1. The number of rotatable bonds is 2. The molecule has 0 aliphatic heterocycles. The van der Waals surface area contributed by atoms with Gasteiger partial charge < -0.3 is 10.4 Å². The molecule has 0 heterocycles. The molecule has 1 rings (SSSR count). The highest BCUT2D eigenvalue weighted by molar-refractivity contribution is 5.92. The smallest absolute Gasteiger partial charge is 0.295 e. The number of amides is 1. The first kappa shape index (κ1) is 9.08. The molecule has 0 aromatic heterocycles. The summed E-state index contributed by atoms with van der Waals surface area (Å²) in [6, 6.07) is 0. The van der Waals surface area contributed by atoms with E-state index in [0.717, 1.165) is 25.7 Å². The van der Waals surface area contributed by atoms with Crippen LogP contribution < -0.4 is 5.32 Å². The zero-order valence-corrected chi connectivity index (χ0v) is 6.97. The Bertz CT molecular complexity index is 211. The molecule has 3 nitrogen and oxygen atoms in total. The van der Waals surface area contributed by atoms with Crippen molar-refractivity contribution in [1.82, 2.24) is 5.32 Å². The lowest BCUT2D eigenvalue weighted by Crippen LogP contribution is -2.40. The number of terminal acetylenes is 1. The van der Waals surface area contributed by atoms with Gasteiger partial charge in [0.1, 0.15) is 0 Å². The highest BCUT2D eigenvalue weighted by atomic mass is 16.3. The fourth-order valence-electron chi connectivity index (χ4n) is 1.51. The molecule has 0 aromatic carbocycles. The van der Waals surface area contributed by atoms with Gasteiger partial charge in [0.2, 0.25) is 0 Å². The fraction of sp³-hybridized carbons (Fsp3) is 0.667. The molecule has 0 bridgehead atoms. The Morgan fingerprint density at radius 2 is 2.17 bits per heavy atom. The van der Waals surface area contributed by atoms with Crippen LogP contribution in [0.25, 0.3) is 0 Å². The minimum Gasteiger partial charge on any atom is -0.388 e. The summed E-state index contributed by atoms with van der Waals surface area (Å²) in [4.78, 5) is 10.7. The van der Waals surface area contributed by atoms with Crippen molar-refractivity contribution in [2.75, 3.05) is 6.54 Å². The molecule has 1 aliphatic rings. The lowest BCUT2D eigenvalue weighted by atomic mass is 10.0. The van der Waals surface area contributed by atoms with Crippen LogP contribution in [0.3, 0.4) is 0 Å². The Morgan fingerprint density at radius 1 is 1.58 bits per heavy atom. The first-order chi connectivity index (χ1) is 5.66. The Morgan fingerprint density at radius 3 is 2.67 bits per heavy atom. The summed E-state index contributed by atoms with van der Waals surface area (Å²) in [5, 5.41) is 12.2. The maximum absolute atomic E-state index is 10.7. The van der Waals surface area contributed by atoms with Crippen LogP contribution in [0.4, 0.5) is 0 Å². The van der Waals surface area contributed by atoms with E-state index < -0.39 is 11.5 Å². The van der Waals surface area contributed by atoms with E-state index in [2.05, 4.69) is 5.32 Å². The Labute approximate surface area is 72.2 Å². The van der Waals surface area contributed by atoms with Crippen molar-refractivity contribution in [2.45, 2.75) is 31.3 Å². The summed E-state index contributed by atoms with van der Waals surface area (Å²) in [5.41, 5.74) is -0.702. The maximum Gasteiger partial charge on any atom is 0.295 e. The third-order valence-corrected chi connectivity index (χ3v) is 2.24. The van der Waals surface area contributed by atoms with Crippen molar-refractivity contribution in [3.8, 4) is 12.3 Å². The molecule has 1 fully saturated rings. The third-order valence-electron chi connectivity index (χ3n) is 2.24. The molecule has 66 valence electrons. The Balaban J connectivity index is 2.31. The molecular formula is C9H13NO2. The highest BCUT2D eigenvalue weighted by Gasteiger charge is 2.30. The molecule has 1 amide bonds. The van der Waals surface area contributed by atoms with Crippen LogP contribution in [-0.2, 0) is 4.79 Å². The summed E-state index contributed by atoms with van der Waals surface area (Å²) in [6.07, 6.45) is 8.44. The Hall–Kier alpha value is -1.01. The van der Waals surface area contributed by atoms with Gasteiger partial charge in [-0.25, -0.2) is 0 Å². The molecule has 0 spiro atoms. The summed E-state index contributed by atoms with van der Waals surface area (Å²) >= 11 is 0. The van der Waals surface area contributed by atoms with Gasteiger partial charge in [-0.15, -0.1) is 6.42 Å². The van der Waals surface area contributed by atoms with E-state index in [1.54, 1.807) is 0 Å². The quantitative estimate of drug-likeness (QED) is 0.570. The summed E-state index contributed by atoms with van der Waals surface area (Å²) in [6.45, 7) is 0.288. The number of hydrogen-bond donors (Lipinski definition) is 2. The molecule has 1 saturated carbocycles. The molecule has 3 heteroatoms. The van der Waals surface area contributed by atoms with E-state index >= 15 is 0 Å². The molecule has 0 radical (unpaired) electrons. The van der Waals surface area contributed by atoms with E-state index in [1.165, 1.54) is 0 Å². The van der Waals surface area contributed by atoms with Gasteiger partial charge in [0.15, 0.2) is 0 Å². The number of hydrogen-bond acceptors (Lipinski definition) is 2. The highest BCUT2D eigenvalue weighted by Crippen LogP contribution is 2.28. The summed E-state index contributed by atoms with van der Waals surface area (Å²) in [7, 11) is 0. The van der Waals surface area contributed by atoms with Gasteiger partial charge in [0, 0.05) is 6.54 Å². The van der Waals surface area contributed by atoms with Gasteiger partial charge in [-0.3, -0.25) is 4.79 Å². The van der Waals surface area contributed by atoms with Gasteiger partial charge in [0.25, 0.3) is 5.91 Å². The molecule has 2 N–H and O–H groups in total. The van der Waals surface area contributed by atoms with Gasteiger partial charge in [-0.05, 0) is 18.8 Å². The van der Waals surface area contributed by atoms with Crippen molar-refractivity contribution in [1.29, 1.82) is 0 Å². The van der Waals surface area contributed by atoms with E-state index in [0.29, 0.717) is 0 Å². The topological polar surface area (TPSA) is 49.3 Å². The van der Waals surface area contributed by atoms with Crippen LogP contribution >= 0.6 is 0 Å². The van der Waals surface area contributed by atoms with Crippen LogP contribution in [0, 0.1) is 12.3 Å². The standard InChI is InChI=1S/C9H13NO2/c1-2-8(11)10-7-9(12)5-3-4-6-9/h1,12H,3-7H2,(H,10,11). The predicted molar refractivity (Wildman–Crippen MR) is 45.3 cm³/mol. The SMILES string of the molecule is C#CC(=O)NCC1(O)CCCC1. The third kappa shape index (κ3) is 2.24. The molecule has 1 aliphatic carbocycles. The minimum atomic E-state index is -0.702. The molecule has 0 unspecified atom stereocenters. The summed E-state index contributed by atoms with van der Waals surface area (Å²) in [5.74, 6) is 1.50. The number of nitrogens with one attached hydrogen (secondary N) is 1. The van der Waals surface area contributed by atoms with Gasteiger partial charge >= 0.3 is 0 Å². The minimum absolute atomic E-state index is 0.288. The number of aliphatic hydroxyl groups is 1. The largest absolute Gasteiger partial charge is 0.388 e. The van der Waals surface area contributed by atoms with Gasteiger partial charge in [0.05, 0.1) is 5.60 Å². The average molecular weight is 167 g/mol. The van der Waals surface area contributed by atoms with Crippen molar-refractivity contribution in [3.05, 3.63) is 0 Å². The fourth-order valence-corrected chi connectivity index (χ4v) is 1.51. The first-order valence-corrected chi connectivity index (χ1v) is 4.13. The van der Waals surface area contributed by atoms with Crippen LogP contribution in [0.2, 0.25) is 0 Å². The predicted octanol–water partition coefficient (Wildman–Crippen LogP) is 0.0409. The molecule has 0 saturated heterocycles. The monoisotopic (exact) mass is 167 g/mol. The second kappa shape index (κ2) is 3.59. The van der Waals surface area contributed by atoms with Gasteiger partial charge in [-0.2, -0.15) is 0 Å². The van der Waals surface area contributed by atoms with Crippen LogP contribution in [-0.4, -0.2) is 23.2 Å². The first-order valence-electron chi connectivity index (χ1n) is 4.13. The molecule has 0 aromatic rings. The molecule has 12 heavy (non-hydrogen) atoms. The van der Waals surface area contributed by atoms with Gasteiger partial charge in [-0.1, -0.05) is 12.8 Å².